The molecule has 0 spiro atoms. The van der Waals surface area contributed by atoms with Crippen molar-refractivity contribution in [3.8, 4) is 5.75 Å². The molecule has 1 aliphatic carbocycles. The molecule has 1 fully saturated rings. The summed E-state index contributed by atoms with van der Waals surface area (Å²) in [7, 11) is 0. The minimum atomic E-state index is -1.68. The molecule has 1 saturated carbocycles. The quantitative estimate of drug-likeness (QED) is 0.827. The first-order chi connectivity index (χ1) is 8.93. The summed E-state index contributed by atoms with van der Waals surface area (Å²) in [6, 6.07) is 5.85. The Bertz CT molecular complexity index is 535. The monoisotopic (exact) mass is 280 g/mol. The molecule has 1 aromatic rings. The van der Waals surface area contributed by atoms with E-state index in [1.54, 1.807) is 6.92 Å². The Labute approximate surface area is 116 Å². The van der Waals surface area contributed by atoms with Crippen LogP contribution >= 0.6 is 11.8 Å². The van der Waals surface area contributed by atoms with Gasteiger partial charge in [0.2, 0.25) is 0 Å². The lowest BCUT2D eigenvalue weighted by atomic mass is 9.91. The van der Waals surface area contributed by atoms with Gasteiger partial charge in [0.05, 0.1) is 5.41 Å². The van der Waals surface area contributed by atoms with Crippen molar-refractivity contribution in [2.45, 2.75) is 43.7 Å². The third-order valence-corrected chi connectivity index (χ3v) is 5.07. The number of carbonyl (C=O) groups is 1. The number of hydrogen-bond donors (Lipinski definition) is 0. The molecule has 2 nitrogen and oxygen atoms in total. The molecule has 1 atom stereocenters. The van der Waals surface area contributed by atoms with Crippen LogP contribution in [0.2, 0.25) is 0 Å². The SMILES string of the molecule is CC(=O)C1(c2ccc3c(c2)OC(C)(F)SCC3)CC1. The standard InChI is InChI=1S/C15H17FO2S/c1-10(17)15(6-7-15)12-4-3-11-5-8-19-14(2,16)18-13(11)9-12/h3-4,9H,5-8H2,1-2H3. The van der Waals surface area contributed by atoms with Gasteiger partial charge < -0.3 is 4.74 Å². The Morgan fingerprint density at radius 2 is 2.16 bits per heavy atom. The third-order valence-electron chi connectivity index (χ3n) is 4.07. The number of hydrogen-bond acceptors (Lipinski definition) is 3. The van der Waals surface area contributed by atoms with Gasteiger partial charge in [0.15, 0.2) is 0 Å². The first kappa shape index (κ1) is 13.0. The van der Waals surface area contributed by atoms with Crippen LogP contribution in [0.4, 0.5) is 4.39 Å². The van der Waals surface area contributed by atoms with Crippen LogP contribution in [0.15, 0.2) is 18.2 Å². The minimum absolute atomic E-state index is 0.193. The molecule has 2 aliphatic rings. The second-order valence-corrected chi connectivity index (χ2v) is 6.92. The summed E-state index contributed by atoms with van der Waals surface area (Å²) < 4.78 is 19.6. The maximum atomic E-state index is 14.1. The Morgan fingerprint density at radius 3 is 2.79 bits per heavy atom. The second-order valence-electron chi connectivity index (χ2n) is 5.50. The number of benzene rings is 1. The molecule has 102 valence electrons. The van der Waals surface area contributed by atoms with Gasteiger partial charge in [0.25, 0.3) is 5.19 Å². The van der Waals surface area contributed by atoms with Crippen LogP contribution in [-0.2, 0) is 16.6 Å². The Hall–Kier alpha value is -1.03. The fourth-order valence-corrected chi connectivity index (χ4v) is 3.53. The third kappa shape index (κ3) is 2.27. The van der Waals surface area contributed by atoms with Crippen LogP contribution in [0, 0.1) is 0 Å². The fourth-order valence-electron chi connectivity index (χ4n) is 2.69. The highest BCUT2D eigenvalue weighted by Crippen LogP contribution is 2.50. The number of rotatable bonds is 2. The van der Waals surface area contributed by atoms with Crippen molar-refractivity contribution in [1.82, 2.24) is 0 Å². The van der Waals surface area contributed by atoms with E-state index in [0.717, 1.165) is 30.4 Å². The van der Waals surface area contributed by atoms with Gasteiger partial charge in [-0.3, -0.25) is 4.79 Å². The molecule has 0 bridgehead atoms. The van der Waals surface area contributed by atoms with Gasteiger partial charge in [-0.15, -0.1) is 0 Å². The highest BCUT2D eigenvalue weighted by Gasteiger charge is 2.49. The van der Waals surface area contributed by atoms with Crippen molar-refractivity contribution in [2.24, 2.45) is 0 Å². The number of carbonyl (C=O) groups excluding carboxylic acids is 1. The predicted octanol–water partition coefficient (Wildman–Crippen LogP) is 3.62. The van der Waals surface area contributed by atoms with Crippen molar-refractivity contribution in [1.29, 1.82) is 0 Å². The predicted molar refractivity (Wildman–Crippen MR) is 74.3 cm³/mol. The number of ether oxygens (including phenoxy) is 1. The van der Waals surface area contributed by atoms with Gasteiger partial charge in [-0.1, -0.05) is 23.9 Å². The van der Waals surface area contributed by atoms with Gasteiger partial charge >= 0.3 is 0 Å². The second kappa shape index (κ2) is 4.23. The lowest BCUT2D eigenvalue weighted by Crippen LogP contribution is -2.22. The molecule has 1 aromatic carbocycles. The van der Waals surface area contributed by atoms with Crippen LogP contribution in [0.5, 0.6) is 5.75 Å². The van der Waals surface area contributed by atoms with Crippen molar-refractivity contribution < 1.29 is 13.9 Å². The molecule has 0 N–H and O–H groups in total. The molecule has 1 unspecified atom stereocenters. The average molecular weight is 280 g/mol. The van der Waals surface area contributed by atoms with Crippen LogP contribution in [-0.4, -0.2) is 16.7 Å². The van der Waals surface area contributed by atoms with E-state index in [2.05, 4.69) is 0 Å². The van der Waals surface area contributed by atoms with E-state index in [4.69, 9.17) is 4.74 Å². The summed E-state index contributed by atoms with van der Waals surface area (Å²) >= 11 is 1.18. The number of Topliss-reactive ketones (excluding diaryl/α,β-unsaturated/α-hetero) is 1. The highest BCUT2D eigenvalue weighted by molar-refractivity contribution is 8.00. The van der Waals surface area contributed by atoms with E-state index in [-0.39, 0.29) is 11.2 Å². The number of alkyl halides is 1. The highest BCUT2D eigenvalue weighted by atomic mass is 32.2. The largest absolute Gasteiger partial charge is 0.449 e. The van der Waals surface area contributed by atoms with E-state index in [9.17, 15) is 9.18 Å². The van der Waals surface area contributed by atoms with Gasteiger partial charge in [-0.25, -0.2) is 0 Å². The lowest BCUT2D eigenvalue weighted by Gasteiger charge is -2.21. The molecular weight excluding hydrogens is 263 g/mol. The number of fused-ring (bicyclic) bond motifs is 1. The number of thioether (sulfide) groups is 1. The van der Waals surface area contributed by atoms with Gasteiger partial charge in [-0.2, -0.15) is 4.39 Å². The lowest BCUT2D eigenvalue weighted by molar-refractivity contribution is -0.119. The average Bonchev–Trinajstić information content (AvgIpc) is 3.10. The van der Waals surface area contributed by atoms with E-state index in [1.165, 1.54) is 18.7 Å². The van der Waals surface area contributed by atoms with Gasteiger partial charge in [0.1, 0.15) is 11.5 Å². The molecule has 4 heteroatoms. The number of aryl methyl sites for hydroxylation is 1. The van der Waals surface area contributed by atoms with Crippen molar-refractivity contribution in [2.75, 3.05) is 5.75 Å². The Morgan fingerprint density at radius 1 is 1.42 bits per heavy atom. The number of ketones is 1. The van der Waals surface area contributed by atoms with Crippen LogP contribution < -0.4 is 4.74 Å². The summed E-state index contributed by atoms with van der Waals surface area (Å²) in [6.45, 7) is 3.08. The van der Waals surface area contributed by atoms with E-state index < -0.39 is 5.19 Å². The van der Waals surface area contributed by atoms with Gasteiger partial charge in [-0.05, 0) is 43.4 Å². The van der Waals surface area contributed by atoms with Crippen molar-refractivity contribution >= 4 is 17.5 Å². The summed E-state index contributed by atoms with van der Waals surface area (Å²) in [5.74, 6) is 1.50. The zero-order chi connectivity index (χ0) is 13.7. The summed E-state index contributed by atoms with van der Waals surface area (Å²) in [5.41, 5.74) is 1.67. The molecule has 3 rings (SSSR count). The van der Waals surface area contributed by atoms with Gasteiger partial charge in [0, 0.05) is 12.7 Å². The molecule has 0 radical (unpaired) electrons. The molecular formula is C15H17FO2S. The molecule has 19 heavy (non-hydrogen) atoms. The van der Waals surface area contributed by atoms with E-state index >= 15 is 0 Å². The topological polar surface area (TPSA) is 26.3 Å². The molecule has 0 aromatic heterocycles. The summed E-state index contributed by atoms with van der Waals surface area (Å²) in [5, 5.41) is -1.68. The summed E-state index contributed by atoms with van der Waals surface area (Å²) in [6.07, 6.45) is 2.58. The number of halogens is 1. The first-order valence-corrected chi connectivity index (χ1v) is 7.58. The molecule has 1 aliphatic heterocycles. The van der Waals surface area contributed by atoms with Crippen molar-refractivity contribution in [3.05, 3.63) is 29.3 Å². The maximum absolute atomic E-state index is 14.1. The maximum Gasteiger partial charge on any atom is 0.294 e. The van der Waals surface area contributed by atoms with Crippen LogP contribution in [0.1, 0.15) is 37.8 Å². The van der Waals surface area contributed by atoms with Crippen molar-refractivity contribution in [3.63, 3.8) is 0 Å². The van der Waals surface area contributed by atoms with Crippen LogP contribution in [0.3, 0.4) is 0 Å². The zero-order valence-corrected chi connectivity index (χ0v) is 12.0. The Balaban J connectivity index is 1.99. The molecule has 0 saturated heterocycles. The Kier molecular flexibility index (Phi) is 2.89. The van der Waals surface area contributed by atoms with E-state index in [1.807, 2.05) is 18.2 Å². The minimum Gasteiger partial charge on any atom is -0.449 e. The van der Waals surface area contributed by atoms with Crippen LogP contribution in [0.25, 0.3) is 0 Å². The summed E-state index contributed by atoms with van der Waals surface area (Å²) in [4.78, 5) is 11.8. The smallest absolute Gasteiger partial charge is 0.294 e. The fraction of sp³-hybridized carbons (Fsp3) is 0.533. The molecule has 0 amide bonds. The normalized spacial score (nSPS) is 27.9. The zero-order valence-electron chi connectivity index (χ0n) is 11.2. The van der Waals surface area contributed by atoms with E-state index in [0.29, 0.717) is 11.5 Å². The molecule has 1 heterocycles. The first-order valence-electron chi connectivity index (χ1n) is 6.59.